The summed E-state index contributed by atoms with van der Waals surface area (Å²) in [7, 11) is 0. The maximum absolute atomic E-state index is 13.1. The molecule has 0 aromatic heterocycles. The molecular weight excluding hydrogens is 372 g/mol. The number of carbonyl (C=O) groups is 1. The summed E-state index contributed by atoms with van der Waals surface area (Å²) in [4.78, 5) is 22.5. The molecule has 2 saturated heterocycles. The third-order valence-corrected chi connectivity index (χ3v) is 6.49. The second-order valence-corrected chi connectivity index (χ2v) is 8.56. The summed E-state index contributed by atoms with van der Waals surface area (Å²) in [6.45, 7) is 11.6. The molecule has 0 N–H and O–H groups in total. The van der Waals surface area contributed by atoms with Crippen LogP contribution in [0.1, 0.15) is 18.1 Å². The Bertz CT molecular complexity index is 781. The van der Waals surface area contributed by atoms with Gasteiger partial charge in [-0.05, 0) is 18.1 Å². The van der Waals surface area contributed by atoms with E-state index in [1.807, 2.05) is 0 Å². The van der Waals surface area contributed by atoms with Crippen LogP contribution in [0.15, 0.2) is 60.7 Å². The quantitative estimate of drug-likeness (QED) is 0.738. The van der Waals surface area contributed by atoms with Crippen molar-refractivity contribution in [1.82, 2.24) is 19.6 Å². The van der Waals surface area contributed by atoms with Crippen molar-refractivity contribution in [2.45, 2.75) is 26.1 Å². The molecule has 2 aliphatic heterocycles. The van der Waals surface area contributed by atoms with Gasteiger partial charge in [0.15, 0.2) is 0 Å². The fourth-order valence-corrected chi connectivity index (χ4v) is 4.54. The number of benzene rings is 2. The lowest BCUT2D eigenvalue weighted by Crippen LogP contribution is -2.57. The molecule has 0 radical (unpaired) electrons. The zero-order valence-corrected chi connectivity index (χ0v) is 18.1. The molecule has 2 aromatic rings. The second-order valence-electron chi connectivity index (χ2n) is 8.56. The highest BCUT2D eigenvalue weighted by atomic mass is 16.2. The van der Waals surface area contributed by atoms with Gasteiger partial charge in [-0.25, -0.2) is 0 Å². The molecule has 4 rings (SSSR count). The van der Waals surface area contributed by atoms with E-state index in [4.69, 9.17) is 0 Å². The maximum Gasteiger partial charge on any atom is 0.239 e. The van der Waals surface area contributed by atoms with Gasteiger partial charge >= 0.3 is 0 Å². The Morgan fingerprint density at radius 1 is 0.700 bits per heavy atom. The fraction of sp³-hybridized carbons (Fsp3) is 0.480. The highest BCUT2D eigenvalue weighted by molar-refractivity contribution is 5.81. The van der Waals surface area contributed by atoms with Gasteiger partial charge in [-0.15, -0.1) is 0 Å². The van der Waals surface area contributed by atoms with E-state index >= 15 is 0 Å². The summed E-state index contributed by atoms with van der Waals surface area (Å²) >= 11 is 0. The Labute approximate surface area is 180 Å². The zero-order chi connectivity index (χ0) is 20.8. The second kappa shape index (κ2) is 10.2. The van der Waals surface area contributed by atoms with E-state index < -0.39 is 0 Å². The normalized spacial score (nSPS) is 20.2. The van der Waals surface area contributed by atoms with Crippen LogP contribution in [0.3, 0.4) is 0 Å². The molecule has 2 fully saturated rings. The lowest BCUT2D eigenvalue weighted by atomic mass is 10.1. The van der Waals surface area contributed by atoms with Crippen molar-refractivity contribution < 1.29 is 4.79 Å². The van der Waals surface area contributed by atoms with E-state index in [1.165, 1.54) is 11.1 Å². The molecule has 1 atom stereocenters. The molecule has 0 bridgehead atoms. The van der Waals surface area contributed by atoms with Crippen LogP contribution >= 0.6 is 0 Å². The van der Waals surface area contributed by atoms with Gasteiger partial charge in [-0.2, -0.15) is 0 Å². The van der Waals surface area contributed by atoms with Crippen molar-refractivity contribution >= 4 is 5.91 Å². The predicted molar refractivity (Wildman–Crippen MR) is 121 cm³/mol. The van der Waals surface area contributed by atoms with Crippen molar-refractivity contribution in [2.24, 2.45) is 0 Å². The Morgan fingerprint density at radius 3 is 1.60 bits per heavy atom. The number of rotatable bonds is 6. The number of hydrogen-bond acceptors (Lipinski definition) is 4. The smallest absolute Gasteiger partial charge is 0.239 e. The van der Waals surface area contributed by atoms with E-state index in [9.17, 15) is 4.79 Å². The molecule has 0 spiro atoms. The van der Waals surface area contributed by atoms with Crippen LogP contribution in [-0.4, -0.2) is 83.9 Å². The summed E-state index contributed by atoms with van der Waals surface area (Å²) in [6.07, 6.45) is 0. The maximum atomic E-state index is 13.1. The first-order valence-electron chi connectivity index (χ1n) is 11.2. The van der Waals surface area contributed by atoms with Crippen LogP contribution in [0.2, 0.25) is 0 Å². The Morgan fingerprint density at radius 2 is 1.13 bits per heavy atom. The molecule has 0 saturated carbocycles. The third-order valence-electron chi connectivity index (χ3n) is 6.49. The molecule has 5 heteroatoms. The molecule has 5 nitrogen and oxygen atoms in total. The number of hydrogen-bond donors (Lipinski definition) is 0. The summed E-state index contributed by atoms with van der Waals surface area (Å²) in [5.74, 6) is 0.297. The van der Waals surface area contributed by atoms with Crippen LogP contribution in [0.4, 0.5) is 0 Å². The van der Waals surface area contributed by atoms with Crippen LogP contribution in [0, 0.1) is 0 Å². The van der Waals surface area contributed by atoms with Crippen molar-refractivity contribution in [2.75, 3.05) is 52.4 Å². The molecular formula is C25H34N4O. The number of nitrogens with zero attached hydrogens (tertiary/aromatic N) is 4. The average Bonchev–Trinajstić information content (AvgIpc) is 2.80. The van der Waals surface area contributed by atoms with Crippen molar-refractivity contribution in [3.63, 3.8) is 0 Å². The minimum Gasteiger partial charge on any atom is -0.339 e. The standard InChI is InChI=1S/C25H34N4O/c1-22(28-16-12-26(13-17-28)20-23-8-4-2-5-9-23)25(30)29-18-14-27(15-19-29)21-24-10-6-3-7-11-24/h2-11,22H,12-21H2,1H3/t22-/m1/s1. The SMILES string of the molecule is C[C@H](C(=O)N1CCN(Cc2ccccc2)CC1)N1CCN(Cc2ccccc2)CC1. The zero-order valence-electron chi connectivity index (χ0n) is 18.1. The average molecular weight is 407 g/mol. The third kappa shape index (κ3) is 5.48. The number of carbonyl (C=O) groups excluding carboxylic acids is 1. The van der Waals surface area contributed by atoms with Crippen molar-refractivity contribution in [3.05, 3.63) is 71.8 Å². The lowest BCUT2D eigenvalue weighted by molar-refractivity contribution is -0.139. The van der Waals surface area contributed by atoms with Gasteiger partial charge in [0.1, 0.15) is 0 Å². The van der Waals surface area contributed by atoms with Gasteiger partial charge in [-0.1, -0.05) is 60.7 Å². The molecule has 2 aromatic carbocycles. The van der Waals surface area contributed by atoms with Gasteiger partial charge < -0.3 is 4.90 Å². The van der Waals surface area contributed by atoms with E-state index in [2.05, 4.69) is 87.2 Å². The van der Waals surface area contributed by atoms with Crippen LogP contribution in [0.25, 0.3) is 0 Å². The van der Waals surface area contributed by atoms with Gasteiger partial charge in [0.2, 0.25) is 5.91 Å². The van der Waals surface area contributed by atoms with Gasteiger partial charge in [0.05, 0.1) is 6.04 Å². The monoisotopic (exact) mass is 406 g/mol. The topological polar surface area (TPSA) is 30.0 Å². The highest BCUT2D eigenvalue weighted by Crippen LogP contribution is 2.14. The Kier molecular flexibility index (Phi) is 7.16. The molecule has 0 unspecified atom stereocenters. The summed E-state index contributed by atoms with van der Waals surface area (Å²) < 4.78 is 0. The van der Waals surface area contributed by atoms with Crippen molar-refractivity contribution in [3.8, 4) is 0 Å². The largest absolute Gasteiger partial charge is 0.339 e. The van der Waals surface area contributed by atoms with Crippen LogP contribution in [0.5, 0.6) is 0 Å². The lowest BCUT2D eigenvalue weighted by Gasteiger charge is -2.41. The van der Waals surface area contributed by atoms with Crippen LogP contribution in [-0.2, 0) is 17.9 Å². The van der Waals surface area contributed by atoms with Crippen molar-refractivity contribution in [1.29, 1.82) is 0 Å². The first-order valence-corrected chi connectivity index (χ1v) is 11.2. The van der Waals surface area contributed by atoms with E-state index in [0.717, 1.165) is 65.4 Å². The summed E-state index contributed by atoms with van der Waals surface area (Å²) in [5.41, 5.74) is 2.71. The Hall–Kier alpha value is -2.21. The molecule has 0 aliphatic carbocycles. The number of piperazine rings is 2. The molecule has 1 amide bonds. The Balaban J connectivity index is 1.21. The van der Waals surface area contributed by atoms with Gasteiger partial charge in [0.25, 0.3) is 0 Å². The van der Waals surface area contributed by atoms with E-state index in [-0.39, 0.29) is 6.04 Å². The van der Waals surface area contributed by atoms with E-state index in [0.29, 0.717) is 5.91 Å². The van der Waals surface area contributed by atoms with Crippen LogP contribution < -0.4 is 0 Å². The summed E-state index contributed by atoms with van der Waals surface area (Å²) in [6, 6.07) is 21.2. The minimum atomic E-state index is -0.0236. The predicted octanol–water partition coefficient (Wildman–Crippen LogP) is 2.54. The molecule has 30 heavy (non-hydrogen) atoms. The highest BCUT2D eigenvalue weighted by Gasteiger charge is 2.30. The summed E-state index contributed by atoms with van der Waals surface area (Å²) in [5, 5.41) is 0. The first kappa shape index (κ1) is 21.0. The van der Waals surface area contributed by atoms with Gasteiger partial charge in [0, 0.05) is 65.4 Å². The molecule has 2 heterocycles. The number of amides is 1. The molecule has 2 aliphatic rings. The fourth-order valence-electron chi connectivity index (χ4n) is 4.54. The minimum absolute atomic E-state index is 0.0236. The molecule has 160 valence electrons. The van der Waals surface area contributed by atoms with E-state index in [1.54, 1.807) is 0 Å². The van der Waals surface area contributed by atoms with Gasteiger partial charge in [-0.3, -0.25) is 19.5 Å². The first-order chi connectivity index (χ1) is 14.7.